The van der Waals surface area contributed by atoms with E-state index in [1.54, 1.807) is 6.07 Å². The lowest BCUT2D eigenvalue weighted by Gasteiger charge is -2.20. The normalized spacial score (nSPS) is 22.4. The highest BCUT2D eigenvalue weighted by atomic mass is 32.1. The molecule has 1 N–H and O–H groups in total. The largest absolute Gasteiger partial charge is 0.374 e. The van der Waals surface area contributed by atoms with Gasteiger partial charge in [0.1, 0.15) is 10.8 Å². The van der Waals surface area contributed by atoms with Gasteiger partial charge in [-0.15, -0.1) is 0 Å². The number of nitrogens with one attached hydrogen (secondary N) is 1. The number of rotatable bonds is 4. The van der Waals surface area contributed by atoms with Crippen molar-refractivity contribution in [3.63, 3.8) is 0 Å². The Morgan fingerprint density at radius 2 is 1.67 bits per heavy atom. The Bertz CT molecular complexity index is 1080. The number of hydrogen-bond donors (Lipinski definition) is 1. The maximum absolute atomic E-state index is 14.9. The average molecular weight is 417 g/mol. The van der Waals surface area contributed by atoms with E-state index in [0.29, 0.717) is 29.5 Å². The van der Waals surface area contributed by atoms with E-state index in [2.05, 4.69) is 5.32 Å². The minimum Gasteiger partial charge on any atom is -0.374 e. The zero-order valence-corrected chi connectivity index (χ0v) is 17.2. The molecule has 1 heterocycles. The fourth-order valence-corrected chi connectivity index (χ4v) is 4.47. The second-order valence-corrected chi connectivity index (χ2v) is 8.29. The van der Waals surface area contributed by atoms with E-state index in [1.807, 2.05) is 66.7 Å². The van der Waals surface area contributed by atoms with E-state index >= 15 is 0 Å². The van der Waals surface area contributed by atoms with E-state index in [9.17, 15) is 4.39 Å². The van der Waals surface area contributed by atoms with Gasteiger partial charge in [0.2, 0.25) is 0 Å². The van der Waals surface area contributed by atoms with Gasteiger partial charge in [-0.2, -0.15) is 0 Å². The molecule has 0 spiro atoms. The molecule has 0 bridgehead atoms. The molecule has 150 valence electrons. The summed E-state index contributed by atoms with van der Waals surface area (Å²) < 4.78 is 20.5. The van der Waals surface area contributed by atoms with Crippen molar-refractivity contribution >= 4 is 28.6 Å². The molecule has 3 aromatic rings. The molecule has 2 fully saturated rings. The molecule has 0 aromatic heterocycles. The maximum atomic E-state index is 14.9. The quantitative estimate of drug-likeness (QED) is 0.471. The lowest BCUT2D eigenvalue weighted by atomic mass is 10.00. The summed E-state index contributed by atoms with van der Waals surface area (Å²) in [6, 6.07) is 25.2. The van der Waals surface area contributed by atoms with Crippen molar-refractivity contribution in [1.29, 1.82) is 0 Å². The smallest absolute Gasteiger partial charge is 0.128 e. The Morgan fingerprint density at radius 3 is 2.33 bits per heavy atom. The van der Waals surface area contributed by atoms with Crippen molar-refractivity contribution in [3.8, 4) is 0 Å². The summed E-state index contributed by atoms with van der Waals surface area (Å²) in [5.41, 5.74) is 3.72. The first kappa shape index (κ1) is 19.1. The summed E-state index contributed by atoms with van der Waals surface area (Å²) in [5, 5.41) is 3.35. The van der Waals surface area contributed by atoms with Crippen LogP contribution in [-0.4, -0.2) is 23.9 Å². The molecule has 1 aliphatic heterocycles. The molecule has 30 heavy (non-hydrogen) atoms. The summed E-state index contributed by atoms with van der Waals surface area (Å²) in [5.74, 6) is -0.0241. The predicted octanol–water partition coefficient (Wildman–Crippen LogP) is 5.16. The fraction of sp³-hybridized carbons (Fsp3) is 0.200. The minimum atomic E-state index is -0.483. The van der Waals surface area contributed by atoms with Crippen molar-refractivity contribution in [2.45, 2.75) is 12.0 Å². The van der Waals surface area contributed by atoms with E-state index < -0.39 is 5.54 Å². The number of hydrogen-bond acceptors (Lipinski definition) is 3. The zero-order valence-electron chi connectivity index (χ0n) is 16.3. The molecule has 3 nitrogen and oxygen atoms in total. The predicted molar refractivity (Wildman–Crippen MR) is 121 cm³/mol. The third-order valence-corrected chi connectivity index (χ3v) is 6.01. The van der Waals surface area contributed by atoms with Crippen molar-refractivity contribution in [2.75, 3.05) is 13.2 Å². The molecule has 1 saturated heterocycles. The second kappa shape index (κ2) is 7.74. The third-order valence-electron chi connectivity index (χ3n) is 5.79. The van der Waals surface area contributed by atoms with Crippen LogP contribution in [0.4, 0.5) is 10.1 Å². The second-order valence-electron chi connectivity index (χ2n) is 7.79. The SMILES string of the molecule is Fc1ccc(N=C(c2ccccc2)c2ccccc2)cc1[C@]12C[C@H]1COCC(=S)N2. The van der Waals surface area contributed by atoms with Crippen LogP contribution < -0.4 is 5.32 Å². The van der Waals surface area contributed by atoms with Crippen LogP contribution in [0.15, 0.2) is 83.9 Å². The van der Waals surface area contributed by atoms with E-state index in [1.165, 1.54) is 6.07 Å². The molecule has 5 rings (SSSR count). The molecule has 2 atom stereocenters. The summed E-state index contributed by atoms with van der Waals surface area (Å²) in [6.45, 7) is 0.971. The van der Waals surface area contributed by atoms with Crippen molar-refractivity contribution in [2.24, 2.45) is 10.9 Å². The lowest BCUT2D eigenvalue weighted by molar-refractivity contribution is 0.161. The van der Waals surface area contributed by atoms with Crippen molar-refractivity contribution < 1.29 is 9.13 Å². The molecule has 5 heteroatoms. The number of fused-ring (bicyclic) bond motifs is 1. The third kappa shape index (κ3) is 3.55. The van der Waals surface area contributed by atoms with Gasteiger partial charge in [0.05, 0.1) is 30.2 Å². The molecule has 2 aliphatic rings. The molecular formula is C25H21FN2OS. The number of halogens is 1. The van der Waals surface area contributed by atoms with Crippen molar-refractivity contribution in [1.82, 2.24) is 5.32 Å². The van der Waals surface area contributed by atoms with Crippen LogP contribution in [0.25, 0.3) is 0 Å². The first-order valence-corrected chi connectivity index (χ1v) is 10.4. The Kier molecular flexibility index (Phi) is 4.93. The van der Waals surface area contributed by atoms with E-state index in [0.717, 1.165) is 23.3 Å². The topological polar surface area (TPSA) is 33.6 Å². The molecule has 0 amide bonds. The van der Waals surface area contributed by atoms with Crippen molar-refractivity contribution in [3.05, 3.63) is 101 Å². The van der Waals surface area contributed by atoms with E-state index in [-0.39, 0.29) is 11.7 Å². The molecule has 3 aromatic carbocycles. The van der Waals surface area contributed by atoms with Crippen LogP contribution in [0, 0.1) is 11.7 Å². The minimum absolute atomic E-state index is 0.217. The van der Waals surface area contributed by atoms with Gasteiger partial charge in [0.15, 0.2) is 0 Å². The van der Waals surface area contributed by atoms with Gasteiger partial charge in [0.25, 0.3) is 0 Å². The number of benzene rings is 3. The average Bonchev–Trinajstić information content (AvgIpc) is 3.49. The monoisotopic (exact) mass is 416 g/mol. The first-order valence-electron chi connectivity index (χ1n) is 10.0. The Labute approximate surface area is 180 Å². The fourth-order valence-electron chi connectivity index (χ4n) is 4.20. The molecule has 1 saturated carbocycles. The lowest BCUT2D eigenvalue weighted by Crippen LogP contribution is -2.36. The van der Waals surface area contributed by atoms with Crippen LogP contribution in [0.5, 0.6) is 0 Å². The standard InChI is InChI=1S/C25H21FN2OS/c26-22-12-11-20(13-21(22)25-14-19(25)15-29-16-23(30)28-25)27-24(17-7-3-1-4-8-17)18-9-5-2-6-10-18/h1-13,19H,14-16H2,(H,28,30)/t19-,25-/m0/s1. The van der Waals surface area contributed by atoms with Gasteiger partial charge < -0.3 is 10.1 Å². The molecule has 0 unspecified atom stereocenters. The molecular weight excluding hydrogens is 395 g/mol. The maximum Gasteiger partial charge on any atom is 0.128 e. The van der Waals surface area contributed by atoms with Gasteiger partial charge in [-0.3, -0.25) is 0 Å². The summed E-state index contributed by atoms with van der Waals surface area (Å²) in [6.07, 6.45) is 0.807. The van der Waals surface area contributed by atoms with Crippen LogP contribution >= 0.6 is 12.2 Å². The zero-order chi connectivity index (χ0) is 20.6. The molecule has 0 radical (unpaired) electrons. The van der Waals surface area contributed by atoms with Crippen LogP contribution in [0.1, 0.15) is 23.1 Å². The van der Waals surface area contributed by atoms with Gasteiger partial charge in [-0.1, -0.05) is 72.9 Å². The number of thiocarbonyl (C=S) groups is 1. The Balaban J connectivity index is 1.59. The van der Waals surface area contributed by atoms with Crippen LogP contribution in [0.2, 0.25) is 0 Å². The summed E-state index contributed by atoms with van der Waals surface area (Å²) in [4.78, 5) is 5.57. The molecule has 1 aliphatic carbocycles. The van der Waals surface area contributed by atoms with Crippen LogP contribution in [-0.2, 0) is 10.3 Å². The number of nitrogens with zero attached hydrogens (tertiary/aromatic N) is 1. The highest BCUT2D eigenvalue weighted by Crippen LogP contribution is 2.54. The highest BCUT2D eigenvalue weighted by molar-refractivity contribution is 7.80. The first-order chi connectivity index (χ1) is 14.7. The Morgan fingerprint density at radius 1 is 1.00 bits per heavy atom. The Hall–Kier alpha value is -2.89. The number of aliphatic imine (C=N–C) groups is 1. The van der Waals surface area contributed by atoms with Gasteiger partial charge in [0, 0.05) is 22.6 Å². The van der Waals surface area contributed by atoms with Gasteiger partial charge in [-0.25, -0.2) is 9.38 Å². The van der Waals surface area contributed by atoms with Crippen LogP contribution in [0.3, 0.4) is 0 Å². The summed E-state index contributed by atoms with van der Waals surface area (Å²) >= 11 is 5.36. The van der Waals surface area contributed by atoms with Gasteiger partial charge in [-0.05, 0) is 24.6 Å². The number of ether oxygens (including phenoxy) is 1. The highest BCUT2D eigenvalue weighted by Gasteiger charge is 2.58. The van der Waals surface area contributed by atoms with Gasteiger partial charge >= 0.3 is 0 Å². The summed E-state index contributed by atoms with van der Waals surface area (Å²) in [7, 11) is 0. The van der Waals surface area contributed by atoms with E-state index in [4.69, 9.17) is 21.9 Å².